The van der Waals surface area contributed by atoms with E-state index in [2.05, 4.69) is 11.3 Å². The maximum absolute atomic E-state index is 12.3. The van der Waals surface area contributed by atoms with Crippen LogP contribution in [0.15, 0.2) is 79.2 Å². The molecule has 2 nitrogen and oxygen atoms in total. The molecule has 1 aliphatic rings. The maximum Gasteiger partial charge on any atom is 0.573 e. The molecule has 0 spiro atoms. The topological polar surface area (TPSA) is 12.5 Å². The third kappa shape index (κ3) is 4.25. The zero-order valence-electron chi connectivity index (χ0n) is 12.9. The lowest BCUT2D eigenvalue weighted by Crippen LogP contribution is -2.18. The van der Waals surface area contributed by atoms with Crippen LogP contribution in [0.25, 0.3) is 5.57 Å². The smallest absolute Gasteiger partial charge is 0.406 e. The van der Waals surface area contributed by atoms with E-state index in [1.54, 1.807) is 11.0 Å². The van der Waals surface area contributed by atoms with Crippen LogP contribution in [0.5, 0.6) is 5.75 Å². The minimum absolute atomic E-state index is 0.270. The number of alkyl halides is 3. The standard InChI is InChI=1S/C19H13ClF3NO/c1-13-5-6-15(14-3-2-4-16(20)11-14)12-24(13)17-7-9-18(10-8-17)25-19(21,22)23/h2-12H,1H2. The van der Waals surface area contributed by atoms with Gasteiger partial charge in [0.2, 0.25) is 0 Å². The average Bonchev–Trinajstić information content (AvgIpc) is 2.55. The van der Waals surface area contributed by atoms with E-state index in [9.17, 15) is 13.2 Å². The second-order valence-electron chi connectivity index (χ2n) is 5.33. The van der Waals surface area contributed by atoms with Gasteiger partial charge in [0.05, 0.1) is 0 Å². The normalized spacial score (nSPS) is 14.5. The Morgan fingerprint density at radius 2 is 1.72 bits per heavy atom. The highest BCUT2D eigenvalue weighted by Crippen LogP contribution is 2.31. The Kier molecular flexibility index (Phi) is 4.59. The van der Waals surface area contributed by atoms with Gasteiger partial charge in [-0.05, 0) is 53.6 Å². The first-order chi connectivity index (χ1) is 11.8. The highest BCUT2D eigenvalue weighted by atomic mass is 35.5. The summed E-state index contributed by atoms with van der Waals surface area (Å²) in [4.78, 5) is 1.79. The summed E-state index contributed by atoms with van der Waals surface area (Å²) < 4.78 is 40.7. The number of benzene rings is 2. The first kappa shape index (κ1) is 17.2. The van der Waals surface area contributed by atoms with Crippen molar-refractivity contribution in [1.29, 1.82) is 0 Å². The Hall–Kier alpha value is -2.66. The van der Waals surface area contributed by atoms with E-state index in [0.717, 1.165) is 11.1 Å². The van der Waals surface area contributed by atoms with Gasteiger partial charge in [-0.2, -0.15) is 0 Å². The van der Waals surface area contributed by atoms with Crippen molar-refractivity contribution in [3.63, 3.8) is 0 Å². The molecule has 2 aromatic rings. The summed E-state index contributed by atoms with van der Waals surface area (Å²) in [7, 11) is 0. The third-order valence-electron chi connectivity index (χ3n) is 3.54. The first-order valence-corrected chi connectivity index (χ1v) is 7.69. The van der Waals surface area contributed by atoms with Crippen LogP contribution in [-0.2, 0) is 0 Å². The van der Waals surface area contributed by atoms with Crippen LogP contribution in [-0.4, -0.2) is 6.36 Å². The largest absolute Gasteiger partial charge is 0.573 e. The number of hydrogen-bond donors (Lipinski definition) is 0. The molecule has 3 rings (SSSR count). The summed E-state index contributed by atoms with van der Waals surface area (Å²) in [6.45, 7) is 3.96. The van der Waals surface area contributed by atoms with Crippen molar-refractivity contribution >= 4 is 22.9 Å². The van der Waals surface area contributed by atoms with Gasteiger partial charge in [-0.3, -0.25) is 0 Å². The van der Waals surface area contributed by atoms with E-state index >= 15 is 0 Å². The van der Waals surface area contributed by atoms with E-state index in [1.165, 1.54) is 24.3 Å². The molecule has 0 unspecified atom stereocenters. The van der Waals surface area contributed by atoms with Crippen LogP contribution in [0.4, 0.5) is 18.9 Å². The summed E-state index contributed by atoms with van der Waals surface area (Å²) in [5.74, 6) is -0.270. The molecule has 0 saturated heterocycles. The number of hydrogen-bond acceptors (Lipinski definition) is 2. The van der Waals surface area contributed by atoms with Crippen LogP contribution in [0.1, 0.15) is 5.56 Å². The van der Waals surface area contributed by atoms with E-state index < -0.39 is 6.36 Å². The minimum Gasteiger partial charge on any atom is -0.406 e. The molecule has 0 atom stereocenters. The van der Waals surface area contributed by atoms with E-state index in [0.29, 0.717) is 16.4 Å². The van der Waals surface area contributed by atoms with Crippen LogP contribution >= 0.6 is 11.6 Å². The lowest BCUT2D eigenvalue weighted by Gasteiger charge is -2.25. The van der Waals surface area contributed by atoms with Crippen LogP contribution < -0.4 is 9.64 Å². The van der Waals surface area contributed by atoms with Crippen molar-refractivity contribution in [2.75, 3.05) is 4.90 Å². The molecule has 0 bridgehead atoms. The van der Waals surface area contributed by atoms with Gasteiger partial charge >= 0.3 is 6.36 Å². The SMILES string of the molecule is C=C1C=CC(c2cccc(Cl)c2)=CN1c1ccc(OC(F)(F)F)cc1. The third-order valence-corrected chi connectivity index (χ3v) is 3.77. The van der Waals surface area contributed by atoms with Crippen LogP contribution in [0.2, 0.25) is 5.02 Å². The Labute approximate surface area is 148 Å². The Balaban J connectivity index is 1.88. The molecule has 0 N–H and O–H groups in total. The molecule has 1 aliphatic heterocycles. The molecule has 6 heteroatoms. The number of halogens is 4. The molecule has 0 radical (unpaired) electrons. The fourth-order valence-corrected chi connectivity index (χ4v) is 2.61. The van der Waals surface area contributed by atoms with Gasteiger partial charge in [-0.25, -0.2) is 0 Å². The van der Waals surface area contributed by atoms with Gasteiger partial charge in [-0.15, -0.1) is 13.2 Å². The van der Waals surface area contributed by atoms with Crippen LogP contribution in [0, 0.1) is 0 Å². The van der Waals surface area contributed by atoms with E-state index in [1.807, 2.05) is 36.6 Å². The summed E-state index contributed by atoms with van der Waals surface area (Å²) >= 11 is 6.03. The molecule has 0 amide bonds. The molecule has 0 saturated carbocycles. The first-order valence-electron chi connectivity index (χ1n) is 7.32. The Morgan fingerprint density at radius 1 is 1.00 bits per heavy atom. The molecule has 1 heterocycles. The summed E-state index contributed by atoms with van der Waals surface area (Å²) in [6.07, 6.45) is 0.883. The fraction of sp³-hybridized carbons (Fsp3) is 0.0526. The summed E-state index contributed by atoms with van der Waals surface area (Å²) in [5, 5.41) is 0.622. The molecule has 0 aromatic heterocycles. The Bertz CT molecular complexity index is 854. The number of allylic oxidation sites excluding steroid dienone is 3. The van der Waals surface area contributed by atoms with Crippen molar-refractivity contribution in [2.45, 2.75) is 6.36 Å². The minimum atomic E-state index is -4.71. The average molecular weight is 364 g/mol. The van der Waals surface area contributed by atoms with Gasteiger partial charge in [-0.1, -0.05) is 36.4 Å². The highest BCUT2D eigenvalue weighted by molar-refractivity contribution is 6.30. The van der Waals surface area contributed by atoms with Gasteiger partial charge in [0.25, 0.3) is 0 Å². The second kappa shape index (κ2) is 6.69. The predicted molar refractivity (Wildman–Crippen MR) is 93.3 cm³/mol. The maximum atomic E-state index is 12.3. The second-order valence-corrected chi connectivity index (χ2v) is 5.77. The highest BCUT2D eigenvalue weighted by Gasteiger charge is 2.31. The molecule has 0 fully saturated rings. The van der Waals surface area contributed by atoms with Crippen molar-refractivity contribution in [1.82, 2.24) is 0 Å². The van der Waals surface area contributed by atoms with Crippen molar-refractivity contribution in [3.05, 3.63) is 89.7 Å². The molecular weight excluding hydrogens is 351 g/mol. The molecule has 25 heavy (non-hydrogen) atoms. The van der Waals surface area contributed by atoms with Crippen molar-refractivity contribution in [3.8, 4) is 5.75 Å². The van der Waals surface area contributed by atoms with Gasteiger partial charge < -0.3 is 9.64 Å². The van der Waals surface area contributed by atoms with Gasteiger partial charge in [0.1, 0.15) is 5.75 Å². The fourth-order valence-electron chi connectivity index (χ4n) is 2.42. The molecular formula is C19H13ClF3NO. The molecule has 0 aliphatic carbocycles. The van der Waals surface area contributed by atoms with Gasteiger partial charge in [0.15, 0.2) is 0 Å². The number of rotatable bonds is 3. The predicted octanol–water partition coefficient (Wildman–Crippen LogP) is 6.17. The lowest BCUT2D eigenvalue weighted by atomic mass is 10.0. The monoisotopic (exact) mass is 363 g/mol. The number of anilines is 1. The zero-order valence-corrected chi connectivity index (χ0v) is 13.7. The number of nitrogens with zero attached hydrogens (tertiary/aromatic N) is 1. The lowest BCUT2D eigenvalue weighted by molar-refractivity contribution is -0.274. The Morgan fingerprint density at radius 3 is 2.36 bits per heavy atom. The number of ether oxygens (including phenoxy) is 1. The van der Waals surface area contributed by atoms with E-state index in [-0.39, 0.29) is 5.75 Å². The quantitative estimate of drug-likeness (QED) is 0.646. The zero-order chi connectivity index (χ0) is 18.0. The van der Waals surface area contributed by atoms with Crippen LogP contribution in [0.3, 0.4) is 0 Å². The molecule has 2 aromatic carbocycles. The molecule has 128 valence electrons. The van der Waals surface area contributed by atoms with E-state index in [4.69, 9.17) is 11.6 Å². The van der Waals surface area contributed by atoms with Crippen molar-refractivity contribution in [2.24, 2.45) is 0 Å². The van der Waals surface area contributed by atoms with Gasteiger partial charge in [0, 0.05) is 22.6 Å². The summed E-state index contributed by atoms with van der Waals surface area (Å²) in [5.41, 5.74) is 3.20. The van der Waals surface area contributed by atoms with Crippen molar-refractivity contribution < 1.29 is 17.9 Å². The summed E-state index contributed by atoms with van der Waals surface area (Å²) in [6, 6.07) is 13.0.